The second-order valence-corrected chi connectivity index (χ2v) is 11.9. The van der Waals surface area contributed by atoms with Crippen LogP contribution in [0.5, 0.6) is 11.5 Å². The van der Waals surface area contributed by atoms with E-state index in [1.165, 1.54) is 16.0 Å². The van der Waals surface area contributed by atoms with Crippen molar-refractivity contribution in [2.24, 2.45) is 0 Å². The van der Waals surface area contributed by atoms with Gasteiger partial charge in [0.25, 0.3) is 11.8 Å². The molecule has 0 radical (unpaired) electrons. The van der Waals surface area contributed by atoms with E-state index in [1.807, 2.05) is 36.4 Å². The van der Waals surface area contributed by atoms with E-state index in [2.05, 4.69) is 17.0 Å². The van der Waals surface area contributed by atoms with Crippen LogP contribution in [0.15, 0.2) is 84.9 Å². The summed E-state index contributed by atoms with van der Waals surface area (Å²) >= 11 is 0. The molecule has 3 atom stereocenters. The van der Waals surface area contributed by atoms with Crippen molar-refractivity contribution in [2.75, 3.05) is 32.2 Å². The van der Waals surface area contributed by atoms with Gasteiger partial charge in [0.1, 0.15) is 0 Å². The second-order valence-electron chi connectivity index (χ2n) is 11.9. The number of carbonyl (C=O) groups is 2. The Kier molecular flexibility index (Phi) is 8.31. The summed E-state index contributed by atoms with van der Waals surface area (Å²) in [5.74, 6) is 0.809. The molecule has 236 valence electrons. The first kappa shape index (κ1) is 30.1. The summed E-state index contributed by atoms with van der Waals surface area (Å²) in [4.78, 5) is 29.7. The molecule has 1 N–H and O–H groups in total. The highest BCUT2D eigenvalue weighted by Gasteiger charge is 2.37. The number of hydrogen-bond acceptors (Lipinski definition) is 8. The lowest BCUT2D eigenvalue weighted by atomic mass is 9.97. The third-order valence-electron chi connectivity index (χ3n) is 9.09. The van der Waals surface area contributed by atoms with Gasteiger partial charge in [0.2, 0.25) is 0 Å². The van der Waals surface area contributed by atoms with Crippen LogP contribution < -0.4 is 14.4 Å². The van der Waals surface area contributed by atoms with Gasteiger partial charge in [0, 0.05) is 31.6 Å². The molecule has 0 aromatic heterocycles. The fourth-order valence-corrected chi connectivity index (χ4v) is 6.62. The molecule has 46 heavy (non-hydrogen) atoms. The molecule has 3 aliphatic heterocycles. The molecule has 3 heterocycles. The van der Waals surface area contributed by atoms with Crippen molar-refractivity contribution in [1.82, 2.24) is 4.90 Å². The molecule has 3 aliphatic rings. The Morgan fingerprint density at radius 1 is 0.804 bits per heavy atom. The quantitative estimate of drug-likeness (QED) is 0.254. The van der Waals surface area contributed by atoms with Crippen LogP contribution in [-0.2, 0) is 29.0 Å². The average Bonchev–Trinajstić information content (AvgIpc) is 3.36. The van der Waals surface area contributed by atoms with Crippen LogP contribution in [0, 0.1) is 0 Å². The van der Waals surface area contributed by atoms with E-state index in [-0.39, 0.29) is 30.6 Å². The maximum Gasteiger partial charge on any atom is 0.266 e. The van der Waals surface area contributed by atoms with Crippen molar-refractivity contribution in [3.63, 3.8) is 0 Å². The lowest BCUT2D eigenvalue weighted by Crippen LogP contribution is -2.41. The maximum absolute atomic E-state index is 13.0. The van der Waals surface area contributed by atoms with E-state index in [0.29, 0.717) is 29.8 Å². The number of aliphatic hydroxyl groups is 1. The molecule has 4 aromatic rings. The van der Waals surface area contributed by atoms with Crippen molar-refractivity contribution in [2.45, 2.75) is 44.5 Å². The highest BCUT2D eigenvalue weighted by molar-refractivity contribution is 6.34. The minimum Gasteiger partial charge on any atom is -0.493 e. The summed E-state index contributed by atoms with van der Waals surface area (Å²) in [6.07, 6.45) is 0.553. The number of imide groups is 1. The fraction of sp³-hybridized carbons (Fsp3) is 0.297. The Hall–Kier alpha value is -4.54. The van der Waals surface area contributed by atoms with Crippen molar-refractivity contribution < 1.29 is 33.6 Å². The van der Waals surface area contributed by atoms with Gasteiger partial charge in [-0.25, -0.2) is 4.90 Å². The van der Waals surface area contributed by atoms with Crippen molar-refractivity contribution in [3.05, 3.63) is 124 Å². The highest BCUT2D eigenvalue weighted by atomic mass is 16.7. The van der Waals surface area contributed by atoms with Crippen LogP contribution in [0.4, 0.5) is 5.69 Å². The largest absolute Gasteiger partial charge is 0.493 e. The van der Waals surface area contributed by atoms with Gasteiger partial charge < -0.3 is 24.1 Å². The number of aliphatic hydroxyl groups excluding tert-OH is 1. The van der Waals surface area contributed by atoms with E-state index in [1.54, 1.807) is 50.6 Å². The smallest absolute Gasteiger partial charge is 0.266 e. The molecule has 4 aromatic carbocycles. The van der Waals surface area contributed by atoms with Gasteiger partial charge in [-0.1, -0.05) is 48.5 Å². The molecule has 0 bridgehead atoms. The summed E-state index contributed by atoms with van der Waals surface area (Å²) in [5, 5.41) is 9.55. The van der Waals surface area contributed by atoms with Gasteiger partial charge in [-0.05, 0) is 65.1 Å². The molecule has 1 fully saturated rings. The number of anilines is 1. The molecule has 1 saturated heterocycles. The number of hydrogen-bond donors (Lipinski definition) is 1. The highest BCUT2D eigenvalue weighted by Crippen LogP contribution is 2.40. The summed E-state index contributed by atoms with van der Waals surface area (Å²) in [5.41, 5.74) is 6.44. The monoisotopic (exact) mass is 620 g/mol. The summed E-state index contributed by atoms with van der Waals surface area (Å²) in [7, 11) is 3.31. The number of benzene rings is 4. The topological polar surface area (TPSA) is 97.8 Å². The maximum atomic E-state index is 13.0. The number of ether oxygens (including phenoxy) is 4. The predicted octanol–water partition coefficient (Wildman–Crippen LogP) is 5.60. The number of fused-ring (bicyclic) bond motifs is 2. The van der Waals surface area contributed by atoms with E-state index in [4.69, 9.17) is 18.9 Å². The average molecular weight is 621 g/mol. The lowest BCUT2D eigenvalue weighted by molar-refractivity contribution is -0.253. The minimum atomic E-state index is -0.654. The fourth-order valence-electron chi connectivity index (χ4n) is 6.62. The van der Waals surface area contributed by atoms with E-state index in [0.717, 1.165) is 47.7 Å². The van der Waals surface area contributed by atoms with Crippen LogP contribution in [0.25, 0.3) is 0 Å². The Labute approximate surface area is 267 Å². The third kappa shape index (κ3) is 5.67. The molecule has 3 unspecified atom stereocenters. The van der Waals surface area contributed by atoms with Gasteiger partial charge in [0.05, 0.1) is 49.8 Å². The summed E-state index contributed by atoms with van der Waals surface area (Å²) in [6, 6.07) is 26.1. The normalized spacial score (nSPS) is 21.2. The van der Waals surface area contributed by atoms with Crippen molar-refractivity contribution >= 4 is 17.5 Å². The van der Waals surface area contributed by atoms with Gasteiger partial charge in [-0.3, -0.25) is 14.5 Å². The number of nitrogens with zero attached hydrogens (tertiary/aromatic N) is 2. The summed E-state index contributed by atoms with van der Waals surface area (Å²) < 4.78 is 24.2. The predicted molar refractivity (Wildman–Crippen MR) is 171 cm³/mol. The molecule has 7 rings (SSSR count). The zero-order chi connectivity index (χ0) is 31.8. The first-order valence-corrected chi connectivity index (χ1v) is 15.5. The number of rotatable bonds is 8. The molecule has 0 saturated carbocycles. The minimum absolute atomic E-state index is 0.0211. The molecule has 2 amide bonds. The number of carbonyl (C=O) groups excluding carboxylic acids is 2. The molecule has 0 aliphatic carbocycles. The molecular formula is C37H36N2O7. The van der Waals surface area contributed by atoms with Crippen molar-refractivity contribution in [1.29, 1.82) is 0 Å². The zero-order valence-corrected chi connectivity index (χ0v) is 25.8. The Bertz CT molecular complexity index is 1720. The Morgan fingerprint density at radius 3 is 2.07 bits per heavy atom. The van der Waals surface area contributed by atoms with Gasteiger partial charge in [-0.15, -0.1) is 0 Å². The SMILES string of the molecule is COc1cc2c(cc1OC)CN(CC1CC(c3ccc(CO)cc3)OC(c3ccc(N4C(=O)c5ccccc5C4=O)cc3)O1)CC2. The van der Waals surface area contributed by atoms with Crippen LogP contribution in [0.2, 0.25) is 0 Å². The number of methoxy groups -OCH3 is 2. The molecule has 0 spiro atoms. The van der Waals surface area contributed by atoms with Crippen LogP contribution in [0.3, 0.4) is 0 Å². The first-order chi connectivity index (χ1) is 22.4. The van der Waals surface area contributed by atoms with Gasteiger partial charge in [0.15, 0.2) is 17.8 Å². The van der Waals surface area contributed by atoms with Crippen LogP contribution in [-0.4, -0.2) is 55.2 Å². The Morgan fingerprint density at radius 2 is 1.43 bits per heavy atom. The third-order valence-corrected chi connectivity index (χ3v) is 9.09. The van der Waals surface area contributed by atoms with Crippen molar-refractivity contribution in [3.8, 4) is 11.5 Å². The van der Waals surface area contributed by atoms with Crippen LogP contribution >= 0.6 is 0 Å². The zero-order valence-electron chi connectivity index (χ0n) is 25.8. The lowest BCUT2D eigenvalue weighted by Gasteiger charge is -2.39. The summed E-state index contributed by atoms with van der Waals surface area (Å²) in [6.45, 7) is 2.35. The van der Waals surface area contributed by atoms with E-state index < -0.39 is 6.29 Å². The molecule has 9 heteroatoms. The van der Waals surface area contributed by atoms with Gasteiger partial charge >= 0.3 is 0 Å². The van der Waals surface area contributed by atoms with E-state index in [9.17, 15) is 14.7 Å². The Balaban J connectivity index is 1.11. The van der Waals surface area contributed by atoms with Crippen LogP contribution in [0.1, 0.15) is 67.3 Å². The van der Waals surface area contributed by atoms with Gasteiger partial charge in [-0.2, -0.15) is 0 Å². The molecular weight excluding hydrogens is 584 g/mol. The second kappa shape index (κ2) is 12.7. The first-order valence-electron chi connectivity index (χ1n) is 15.5. The number of amides is 2. The van der Waals surface area contributed by atoms with E-state index >= 15 is 0 Å². The standard InChI is InChI=1S/C37H36N2O7/c1-43-33-17-26-15-16-38(20-27(26)18-34(33)44-2)21-29-19-32(24-9-7-23(22-40)8-10-24)46-37(45-29)25-11-13-28(14-12-25)39-35(41)30-5-3-4-6-31(30)36(39)42/h3-14,17-18,29,32,37,40H,15-16,19-22H2,1-2H3. The molecule has 9 nitrogen and oxygen atoms in total.